The number of nitrogens with zero attached hydrogens (tertiary/aromatic N) is 1. The molecule has 0 spiro atoms. The Kier molecular flexibility index (Phi) is 3.78. The van der Waals surface area contributed by atoms with E-state index in [1.165, 1.54) is 12.1 Å². The molecule has 15 heavy (non-hydrogen) atoms. The van der Waals surface area contributed by atoms with Crippen molar-refractivity contribution in [3.8, 4) is 0 Å². The van der Waals surface area contributed by atoms with Crippen LogP contribution in [0.15, 0.2) is 16.6 Å². The molecular formula is C9H10BrNO4. The van der Waals surface area contributed by atoms with Gasteiger partial charge in [0.2, 0.25) is 0 Å². The fourth-order valence-electron chi connectivity index (χ4n) is 1.36. The van der Waals surface area contributed by atoms with Gasteiger partial charge < -0.3 is 10.2 Å². The standard InChI is InChI=1S/C9H10BrNO4/c1-5-2-6(11(14)15)3-7(10)9(5)8(13)4-12/h2-3,8,12-13H,4H2,1H3. The van der Waals surface area contributed by atoms with E-state index >= 15 is 0 Å². The first-order valence-corrected chi connectivity index (χ1v) is 5.00. The van der Waals surface area contributed by atoms with E-state index in [0.29, 0.717) is 15.6 Å². The number of aliphatic hydroxyl groups is 2. The van der Waals surface area contributed by atoms with Gasteiger partial charge >= 0.3 is 0 Å². The van der Waals surface area contributed by atoms with Crippen molar-refractivity contribution in [2.45, 2.75) is 13.0 Å². The van der Waals surface area contributed by atoms with Crippen LogP contribution in [-0.4, -0.2) is 21.7 Å². The van der Waals surface area contributed by atoms with Crippen LogP contribution < -0.4 is 0 Å². The van der Waals surface area contributed by atoms with Crippen molar-refractivity contribution in [3.63, 3.8) is 0 Å². The van der Waals surface area contributed by atoms with Gasteiger partial charge in [-0.15, -0.1) is 0 Å². The van der Waals surface area contributed by atoms with Gasteiger partial charge in [0.25, 0.3) is 5.69 Å². The Bertz CT molecular complexity index is 371. The van der Waals surface area contributed by atoms with E-state index < -0.39 is 17.6 Å². The normalized spacial score (nSPS) is 12.5. The van der Waals surface area contributed by atoms with Gasteiger partial charge in [-0.05, 0) is 12.5 Å². The van der Waals surface area contributed by atoms with E-state index in [1.807, 2.05) is 0 Å². The number of nitro benzene ring substituents is 1. The maximum absolute atomic E-state index is 10.5. The van der Waals surface area contributed by atoms with Crippen LogP contribution in [0, 0.1) is 17.0 Å². The molecule has 0 amide bonds. The number of aliphatic hydroxyl groups excluding tert-OH is 2. The minimum absolute atomic E-state index is 0.0479. The van der Waals surface area contributed by atoms with Gasteiger partial charge in [0.15, 0.2) is 0 Å². The number of benzene rings is 1. The molecule has 0 bridgehead atoms. The first-order chi connectivity index (χ1) is 6.97. The Morgan fingerprint density at radius 1 is 1.60 bits per heavy atom. The molecule has 0 aliphatic rings. The fourth-order valence-corrected chi connectivity index (χ4v) is 2.17. The van der Waals surface area contributed by atoms with Gasteiger partial charge in [0.05, 0.1) is 11.5 Å². The molecule has 0 aliphatic heterocycles. The number of rotatable bonds is 3. The third-order valence-electron chi connectivity index (χ3n) is 2.04. The van der Waals surface area contributed by atoms with Crippen LogP contribution in [0.5, 0.6) is 0 Å². The molecule has 82 valence electrons. The Balaban J connectivity index is 3.27. The summed E-state index contributed by atoms with van der Waals surface area (Å²) in [5.74, 6) is 0. The zero-order chi connectivity index (χ0) is 11.6. The molecule has 1 rings (SSSR count). The van der Waals surface area contributed by atoms with Crippen LogP contribution in [0.3, 0.4) is 0 Å². The summed E-state index contributed by atoms with van der Waals surface area (Å²) in [5.41, 5.74) is 0.994. The highest BCUT2D eigenvalue weighted by atomic mass is 79.9. The average Bonchev–Trinajstić information content (AvgIpc) is 2.16. The number of halogens is 1. The third kappa shape index (κ3) is 2.53. The van der Waals surface area contributed by atoms with Crippen LogP contribution in [0.25, 0.3) is 0 Å². The van der Waals surface area contributed by atoms with Crippen molar-refractivity contribution in [3.05, 3.63) is 37.8 Å². The van der Waals surface area contributed by atoms with Crippen molar-refractivity contribution < 1.29 is 15.1 Å². The topological polar surface area (TPSA) is 83.6 Å². The smallest absolute Gasteiger partial charge is 0.270 e. The summed E-state index contributed by atoms with van der Waals surface area (Å²) >= 11 is 3.13. The van der Waals surface area contributed by atoms with Crippen LogP contribution in [0.4, 0.5) is 5.69 Å². The molecule has 0 saturated carbocycles. The molecule has 0 aromatic heterocycles. The van der Waals surface area contributed by atoms with Crippen molar-refractivity contribution in [2.24, 2.45) is 0 Å². The monoisotopic (exact) mass is 275 g/mol. The number of nitro groups is 1. The maximum Gasteiger partial charge on any atom is 0.270 e. The lowest BCUT2D eigenvalue weighted by Gasteiger charge is -2.12. The largest absolute Gasteiger partial charge is 0.393 e. The van der Waals surface area contributed by atoms with Crippen LogP contribution in [0.2, 0.25) is 0 Å². The fraction of sp³-hybridized carbons (Fsp3) is 0.333. The molecule has 0 saturated heterocycles. The van der Waals surface area contributed by atoms with Gasteiger partial charge in [-0.3, -0.25) is 10.1 Å². The van der Waals surface area contributed by atoms with Crippen molar-refractivity contribution in [1.82, 2.24) is 0 Å². The number of hydrogen-bond donors (Lipinski definition) is 2. The lowest BCUT2D eigenvalue weighted by atomic mass is 10.0. The average molecular weight is 276 g/mol. The molecule has 1 aromatic rings. The lowest BCUT2D eigenvalue weighted by Crippen LogP contribution is -2.06. The molecule has 1 atom stereocenters. The van der Waals surface area contributed by atoms with Crippen molar-refractivity contribution in [1.29, 1.82) is 0 Å². The number of hydrogen-bond acceptors (Lipinski definition) is 4. The van der Waals surface area contributed by atoms with E-state index in [1.54, 1.807) is 6.92 Å². The Morgan fingerprint density at radius 3 is 2.60 bits per heavy atom. The second-order valence-corrected chi connectivity index (χ2v) is 3.97. The second kappa shape index (κ2) is 4.69. The van der Waals surface area contributed by atoms with Gasteiger partial charge in [-0.2, -0.15) is 0 Å². The third-order valence-corrected chi connectivity index (χ3v) is 2.69. The van der Waals surface area contributed by atoms with Gasteiger partial charge in [-0.1, -0.05) is 15.9 Å². The summed E-state index contributed by atoms with van der Waals surface area (Å²) in [6.07, 6.45) is -1.03. The van der Waals surface area contributed by atoms with Crippen LogP contribution >= 0.6 is 15.9 Å². The van der Waals surface area contributed by atoms with Crippen LogP contribution in [-0.2, 0) is 0 Å². The minimum Gasteiger partial charge on any atom is -0.393 e. The predicted octanol–water partition coefficient (Wildman–Crippen LogP) is 1.69. The van der Waals surface area contributed by atoms with E-state index in [9.17, 15) is 15.2 Å². The summed E-state index contributed by atoms with van der Waals surface area (Å²) < 4.78 is 0.427. The van der Waals surface area contributed by atoms with Gasteiger partial charge in [0.1, 0.15) is 6.10 Å². The molecule has 1 aromatic carbocycles. The first-order valence-electron chi connectivity index (χ1n) is 4.20. The zero-order valence-corrected chi connectivity index (χ0v) is 9.56. The molecule has 0 radical (unpaired) electrons. The number of aryl methyl sites for hydroxylation is 1. The molecule has 6 heteroatoms. The highest BCUT2D eigenvalue weighted by molar-refractivity contribution is 9.10. The Labute approximate surface area is 94.6 Å². The molecule has 0 fully saturated rings. The summed E-state index contributed by atoms with van der Waals surface area (Å²) in [4.78, 5) is 10.0. The van der Waals surface area contributed by atoms with E-state index in [2.05, 4.69) is 15.9 Å². The molecule has 0 aliphatic carbocycles. The highest BCUT2D eigenvalue weighted by Gasteiger charge is 2.17. The quantitative estimate of drug-likeness (QED) is 0.650. The van der Waals surface area contributed by atoms with Gasteiger partial charge in [0, 0.05) is 22.2 Å². The lowest BCUT2D eigenvalue weighted by molar-refractivity contribution is -0.385. The van der Waals surface area contributed by atoms with Gasteiger partial charge in [-0.25, -0.2) is 0 Å². The summed E-state index contributed by atoms with van der Waals surface area (Å²) in [7, 11) is 0. The molecular weight excluding hydrogens is 266 g/mol. The Morgan fingerprint density at radius 2 is 2.20 bits per heavy atom. The first kappa shape index (κ1) is 12.1. The summed E-state index contributed by atoms with van der Waals surface area (Å²) in [5, 5.41) is 28.8. The molecule has 0 heterocycles. The molecule has 1 unspecified atom stereocenters. The van der Waals surface area contributed by atoms with E-state index in [-0.39, 0.29) is 5.69 Å². The highest BCUT2D eigenvalue weighted by Crippen LogP contribution is 2.30. The van der Waals surface area contributed by atoms with Crippen molar-refractivity contribution >= 4 is 21.6 Å². The van der Waals surface area contributed by atoms with E-state index in [4.69, 9.17) is 5.11 Å². The van der Waals surface area contributed by atoms with E-state index in [0.717, 1.165) is 0 Å². The van der Waals surface area contributed by atoms with Crippen LogP contribution in [0.1, 0.15) is 17.2 Å². The molecule has 5 nitrogen and oxygen atoms in total. The Hall–Kier alpha value is -0.980. The minimum atomic E-state index is -1.03. The maximum atomic E-state index is 10.5. The summed E-state index contributed by atoms with van der Waals surface area (Å²) in [6, 6.07) is 2.67. The SMILES string of the molecule is Cc1cc([N+](=O)[O-])cc(Br)c1C(O)CO. The zero-order valence-electron chi connectivity index (χ0n) is 7.98. The number of non-ortho nitro benzene ring substituents is 1. The van der Waals surface area contributed by atoms with Crippen molar-refractivity contribution in [2.75, 3.05) is 6.61 Å². The predicted molar refractivity (Wildman–Crippen MR) is 57.6 cm³/mol. The second-order valence-electron chi connectivity index (χ2n) is 3.11. The summed E-state index contributed by atoms with van der Waals surface area (Å²) in [6.45, 7) is 1.23. The molecule has 2 N–H and O–H groups in total.